The highest BCUT2D eigenvalue weighted by atomic mass is 32.2. The van der Waals surface area contributed by atoms with E-state index in [-0.39, 0.29) is 10.1 Å². The lowest BCUT2D eigenvalue weighted by Crippen LogP contribution is -2.27. The molecule has 0 spiro atoms. The molecule has 7 heteroatoms. The van der Waals surface area contributed by atoms with Gasteiger partial charge in [-0.05, 0) is 37.3 Å². The number of sulfonamides is 1. The molecular formula is C18H22N2O3S2. The Kier molecular flexibility index (Phi) is 5.88. The van der Waals surface area contributed by atoms with Crippen molar-refractivity contribution in [2.24, 2.45) is 0 Å². The number of nitrogens with one attached hydrogen (secondary N) is 1. The highest BCUT2D eigenvalue weighted by Crippen LogP contribution is 2.22. The molecule has 0 radical (unpaired) electrons. The molecule has 1 aromatic carbocycles. The number of rotatable bonds is 7. The molecule has 1 N–H and O–H groups in total. The number of hydrogen-bond acceptors (Lipinski definition) is 4. The average molecular weight is 379 g/mol. The molecule has 1 aromatic heterocycles. The lowest BCUT2D eigenvalue weighted by atomic mass is 10.1. The molecule has 1 fully saturated rings. The summed E-state index contributed by atoms with van der Waals surface area (Å²) in [7, 11) is -3.55. The van der Waals surface area contributed by atoms with Crippen LogP contribution in [-0.4, -0.2) is 38.9 Å². The molecule has 0 aliphatic carbocycles. The zero-order valence-corrected chi connectivity index (χ0v) is 15.6. The number of thiophene rings is 1. The number of carbonyl (C=O) groups excluding carboxylic acids is 1. The summed E-state index contributed by atoms with van der Waals surface area (Å²) in [4.78, 5) is 14.1. The molecule has 1 aliphatic rings. The summed E-state index contributed by atoms with van der Waals surface area (Å²) < 4.78 is 27.6. The van der Waals surface area contributed by atoms with Crippen molar-refractivity contribution in [1.82, 2.24) is 9.62 Å². The quantitative estimate of drug-likeness (QED) is 0.754. The number of aryl methyl sites for hydroxylation is 1. The largest absolute Gasteiger partial charge is 0.339 e. The Balaban J connectivity index is 1.54. The van der Waals surface area contributed by atoms with Crippen molar-refractivity contribution >= 4 is 27.3 Å². The van der Waals surface area contributed by atoms with Gasteiger partial charge < -0.3 is 4.90 Å². The monoisotopic (exact) mass is 378 g/mol. The third-order valence-electron chi connectivity index (χ3n) is 4.26. The van der Waals surface area contributed by atoms with Gasteiger partial charge in [0, 0.05) is 25.0 Å². The summed E-state index contributed by atoms with van der Waals surface area (Å²) in [5.41, 5.74) is 1.66. The maximum atomic E-state index is 12.4. The van der Waals surface area contributed by atoms with Crippen molar-refractivity contribution in [3.63, 3.8) is 0 Å². The molecule has 0 saturated carbocycles. The second-order valence-electron chi connectivity index (χ2n) is 6.14. The highest BCUT2D eigenvalue weighted by molar-refractivity contribution is 7.91. The maximum Gasteiger partial charge on any atom is 0.254 e. The number of carbonyl (C=O) groups is 1. The van der Waals surface area contributed by atoms with E-state index in [0.717, 1.165) is 50.1 Å². The van der Waals surface area contributed by atoms with Crippen LogP contribution < -0.4 is 4.72 Å². The van der Waals surface area contributed by atoms with Crippen LogP contribution in [0.25, 0.3) is 0 Å². The van der Waals surface area contributed by atoms with Crippen molar-refractivity contribution in [1.29, 1.82) is 0 Å². The SMILES string of the molecule is O=C(c1csc(S(=O)(=O)NCCCc2ccccc2)c1)N1CCCC1. The summed E-state index contributed by atoms with van der Waals surface area (Å²) in [6, 6.07) is 11.5. The Morgan fingerprint density at radius 3 is 2.60 bits per heavy atom. The molecular weight excluding hydrogens is 356 g/mol. The fraction of sp³-hybridized carbons (Fsp3) is 0.389. The Morgan fingerprint density at radius 2 is 1.88 bits per heavy atom. The number of benzene rings is 1. The van der Waals surface area contributed by atoms with E-state index in [1.54, 1.807) is 10.3 Å². The Labute approximate surface area is 152 Å². The standard InChI is InChI=1S/C18H22N2O3S2/c21-18(20-11-4-5-12-20)16-13-17(24-14-16)25(22,23)19-10-6-9-15-7-2-1-3-8-15/h1-3,7-8,13-14,19H,4-6,9-12H2. The van der Waals surface area contributed by atoms with Crippen LogP contribution in [0.1, 0.15) is 35.2 Å². The fourth-order valence-electron chi connectivity index (χ4n) is 2.89. The topological polar surface area (TPSA) is 66.5 Å². The van der Waals surface area contributed by atoms with Crippen molar-refractivity contribution in [2.75, 3.05) is 19.6 Å². The predicted octanol–water partition coefficient (Wildman–Crippen LogP) is 2.90. The minimum Gasteiger partial charge on any atom is -0.339 e. The second-order valence-corrected chi connectivity index (χ2v) is 9.05. The third-order valence-corrected chi connectivity index (χ3v) is 7.16. The Hall–Kier alpha value is -1.70. The predicted molar refractivity (Wildman–Crippen MR) is 99.4 cm³/mol. The van der Waals surface area contributed by atoms with Crippen LogP contribution in [0.4, 0.5) is 0 Å². The van der Waals surface area contributed by atoms with Gasteiger partial charge in [-0.15, -0.1) is 11.3 Å². The first kappa shape index (κ1) is 18.1. The van der Waals surface area contributed by atoms with Crippen LogP contribution >= 0.6 is 11.3 Å². The van der Waals surface area contributed by atoms with Gasteiger partial charge in [0.05, 0.1) is 5.56 Å². The average Bonchev–Trinajstić information content (AvgIpc) is 3.31. The molecule has 3 rings (SSSR count). The number of likely N-dealkylation sites (tertiary alicyclic amines) is 1. The van der Waals surface area contributed by atoms with E-state index in [9.17, 15) is 13.2 Å². The first-order valence-electron chi connectivity index (χ1n) is 8.48. The Morgan fingerprint density at radius 1 is 1.16 bits per heavy atom. The summed E-state index contributed by atoms with van der Waals surface area (Å²) >= 11 is 1.10. The van der Waals surface area contributed by atoms with Gasteiger partial charge in [-0.2, -0.15) is 0 Å². The van der Waals surface area contributed by atoms with Crippen LogP contribution in [-0.2, 0) is 16.4 Å². The fourth-order valence-corrected chi connectivity index (χ4v) is 5.16. The molecule has 1 amide bonds. The van der Waals surface area contributed by atoms with E-state index in [0.29, 0.717) is 12.1 Å². The van der Waals surface area contributed by atoms with Crippen LogP contribution in [0.15, 0.2) is 46.0 Å². The van der Waals surface area contributed by atoms with E-state index in [1.165, 1.54) is 11.6 Å². The minimum atomic E-state index is -3.55. The molecule has 0 unspecified atom stereocenters. The van der Waals surface area contributed by atoms with E-state index < -0.39 is 10.0 Å². The maximum absolute atomic E-state index is 12.4. The molecule has 0 bridgehead atoms. The lowest BCUT2D eigenvalue weighted by molar-refractivity contribution is 0.0793. The molecule has 1 aliphatic heterocycles. The van der Waals surface area contributed by atoms with Gasteiger partial charge in [0.25, 0.3) is 5.91 Å². The van der Waals surface area contributed by atoms with Crippen LogP contribution in [0.2, 0.25) is 0 Å². The minimum absolute atomic E-state index is 0.0701. The highest BCUT2D eigenvalue weighted by Gasteiger charge is 2.23. The second kappa shape index (κ2) is 8.12. The summed E-state index contributed by atoms with van der Waals surface area (Å²) in [5.74, 6) is -0.0701. The molecule has 1 saturated heterocycles. The molecule has 2 aromatic rings. The van der Waals surface area contributed by atoms with Gasteiger partial charge in [0.15, 0.2) is 0 Å². The first-order chi connectivity index (χ1) is 12.1. The van der Waals surface area contributed by atoms with Gasteiger partial charge in [0.2, 0.25) is 10.0 Å². The third kappa shape index (κ3) is 4.68. The van der Waals surface area contributed by atoms with Gasteiger partial charge in [-0.25, -0.2) is 13.1 Å². The van der Waals surface area contributed by atoms with Crippen LogP contribution in [0, 0.1) is 0 Å². The molecule has 25 heavy (non-hydrogen) atoms. The van der Waals surface area contributed by atoms with E-state index >= 15 is 0 Å². The Bertz CT molecular complexity index is 810. The number of hydrogen-bond donors (Lipinski definition) is 1. The van der Waals surface area contributed by atoms with E-state index in [2.05, 4.69) is 4.72 Å². The van der Waals surface area contributed by atoms with Crippen LogP contribution in [0.3, 0.4) is 0 Å². The van der Waals surface area contributed by atoms with E-state index in [1.807, 2.05) is 30.3 Å². The molecule has 0 atom stereocenters. The lowest BCUT2D eigenvalue weighted by Gasteiger charge is -2.13. The van der Waals surface area contributed by atoms with Gasteiger partial charge in [0.1, 0.15) is 4.21 Å². The summed E-state index contributed by atoms with van der Waals surface area (Å²) in [6.45, 7) is 1.90. The van der Waals surface area contributed by atoms with Crippen LogP contribution in [0.5, 0.6) is 0 Å². The molecule has 5 nitrogen and oxygen atoms in total. The number of amides is 1. The smallest absolute Gasteiger partial charge is 0.254 e. The van der Waals surface area contributed by atoms with Gasteiger partial charge in [-0.3, -0.25) is 4.79 Å². The zero-order chi connectivity index (χ0) is 17.7. The number of nitrogens with zero attached hydrogens (tertiary/aromatic N) is 1. The van der Waals surface area contributed by atoms with Gasteiger partial charge >= 0.3 is 0 Å². The van der Waals surface area contributed by atoms with Gasteiger partial charge in [-0.1, -0.05) is 30.3 Å². The molecule has 2 heterocycles. The zero-order valence-electron chi connectivity index (χ0n) is 14.0. The van der Waals surface area contributed by atoms with Crippen molar-refractivity contribution in [3.8, 4) is 0 Å². The summed E-state index contributed by atoms with van der Waals surface area (Å²) in [5, 5.41) is 1.64. The van der Waals surface area contributed by atoms with E-state index in [4.69, 9.17) is 0 Å². The van der Waals surface area contributed by atoms with Crippen molar-refractivity contribution in [3.05, 3.63) is 52.9 Å². The van der Waals surface area contributed by atoms with Crippen molar-refractivity contribution < 1.29 is 13.2 Å². The molecule has 134 valence electrons. The van der Waals surface area contributed by atoms with Crippen molar-refractivity contribution in [2.45, 2.75) is 29.9 Å². The summed E-state index contributed by atoms with van der Waals surface area (Å²) in [6.07, 6.45) is 3.59. The normalized spacial score (nSPS) is 14.8. The first-order valence-corrected chi connectivity index (χ1v) is 10.8.